The molecule has 100 valence electrons. The van der Waals surface area contributed by atoms with E-state index < -0.39 is 0 Å². The molecule has 0 spiro atoms. The third-order valence-electron chi connectivity index (χ3n) is 3.53. The average Bonchev–Trinajstić information content (AvgIpc) is 2.32. The van der Waals surface area contributed by atoms with Gasteiger partial charge in [-0.3, -0.25) is 0 Å². The van der Waals surface area contributed by atoms with Crippen molar-refractivity contribution in [1.82, 2.24) is 4.90 Å². The van der Waals surface area contributed by atoms with Crippen molar-refractivity contribution in [1.29, 1.82) is 0 Å². The monoisotopic (exact) mass is 310 g/mol. The molecular formula is C15H23BrN2. The van der Waals surface area contributed by atoms with Crippen molar-refractivity contribution in [2.75, 3.05) is 31.5 Å². The van der Waals surface area contributed by atoms with Gasteiger partial charge < -0.3 is 10.2 Å². The van der Waals surface area contributed by atoms with Crippen LogP contribution < -0.4 is 5.32 Å². The zero-order valence-corrected chi connectivity index (χ0v) is 12.6. The Morgan fingerprint density at radius 3 is 2.50 bits per heavy atom. The van der Waals surface area contributed by atoms with Gasteiger partial charge in [-0.25, -0.2) is 0 Å². The maximum absolute atomic E-state index is 3.50. The second-order valence-corrected chi connectivity index (χ2v) is 5.96. The zero-order chi connectivity index (χ0) is 12.6. The maximum atomic E-state index is 3.50. The van der Waals surface area contributed by atoms with Crippen LogP contribution in [-0.4, -0.2) is 31.1 Å². The van der Waals surface area contributed by atoms with E-state index in [2.05, 4.69) is 50.4 Å². The number of hydrogen-bond donors (Lipinski definition) is 1. The largest absolute Gasteiger partial charge is 0.384 e. The second kappa shape index (κ2) is 7.80. The summed E-state index contributed by atoms with van der Waals surface area (Å²) in [4.78, 5) is 2.60. The molecule has 0 aliphatic carbocycles. The molecule has 1 aliphatic rings. The fraction of sp³-hybridized carbons (Fsp3) is 0.600. The molecule has 3 heteroatoms. The first-order valence-corrected chi connectivity index (χ1v) is 7.86. The topological polar surface area (TPSA) is 15.3 Å². The summed E-state index contributed by atoms with van der Waals surface area (Å²) < 4.78 is 1.14. The molecule has 0 aromatic heterocycles. The number of hydrogen-bond acceptors (Lipinski definition) is 2. The minimum Gasteiger partial charge on any atom is -0.384 e. The van der Waals surface area contributed by atoms with E-state index >= 15 is 0 Å². The summed E-state index contributed by atoms with van der Waals surface area (Å²) in [5, 5.41) is 3.50. The fourth-order valence-corrected chi connectivity index (χ4v) is 2.89. The number of rotatable bonds is 4. The Kier molecular flexibility index (Phi) is 6.01. The maximum Gasteiger partial charge on any atom is 0.0351 e. The van der Waals surface area contributed by atoms with Crippen LogP contribution >= 0.6 is 15.9 Å². The van der Waals surface area contributed by atoms with E-state index in [-0.39, 0.29) is 0 Å². The summed E-state index contributed by atoms with van der Waals surface area (Å²) in [7, 11) is 0. The number of anilines is 1. The van der Waals surface area contributed by atoms with Gasteiger partial charge in [0.1, 0.15) is 0 Å². The van der Waals surface area contributed by atoms with Gasteiger partial charge in [0.25, 0.3) is 0 Å². The Labute approximate surface area is 119 Å². The lowest BCUT2D eigenvalue weighted by atomic mass is 10.1. The predicted octanol–water partition coefficient (Wildman–Crippen LogP) is 4.13. The van der Waals surface area contributed by atoms with Gasteiger partial charge in [-0.1, -0.05) is 41.3 Å². The summed E-state index contributed by atoms with van der Waals surface area (Å²) in [6, 6.07) is 8.39. The van der Waals surface area contributed by atoms with Crippen LogP contribution in [0.3, 0.4) is 0 Å². The molecular weight excluding hydrogens is 288 g/mol. The molecule has 1 heterocycles. The molecule has 2 nitrogen and oxygen atoms in total. The lowest BCUT2D eigenvalue weighted by Gasteiger charge is -2.24. The van der Waals surface area contributed by atoms with Crippen molar-refractivity contribution in [3.63, 3.8) is 0 Å². The van der Waals surface area contributed by atoms with Crippen LogP contribution in [0.1, 0.15) is 32.1 Å². The molecule has 0 unspecified atom stereocenters. The fourth-order valence-electron chi connectivity index (χ4n) is 2.49. The summed E-state index contributed by atoms with van der Waals surface area (Å²) in [6.07, 6.45) is 7.00. The lowest BCUT2D eigenvalue weighted by molar-refractivity contribution is 0.256. The summed E-state index contributed by atoms with van der Waals surface area (Å²) in [5.41, 5.74) is 1.21. The molecule has 1 saturated heterocycles. The number of nitrogens with one attached hydrogen (secondary N) is 1. The summed E-state index contributed by atoms with van der Waals surface area (Å²) in [5.74, 6) is 0. The van der Waals surface area contributed by atoms with E-state index in [0.29, 0.717) is 0 Å². The van der Waals surface area contributed by atoms with Gasteiger partial charge in [0.2, 0.25) is 0 Å². The Balaban J connectivity index is 1.70. The zero-order valence-electron chi connectivity index (χ0n) is 11.0. The molecule has 18 heavy (non-hydrogen) atoms. The van der Waals surface area contributed by atoms with Gasteiger partial charge in [0.05, 0.1) is 0 Å². The van der Waals surface area contributed by atoms with E-state index in [9.17, 15) is 0 Å². The highest BCUT2D eigenvalue weighted by Crippen LogP contribution is 2.15. The number of nitrogens with zero attached hydrogens (tertiary/aromatic N) is 1. The van der Waals surface area contributed by atoms with Gasteiger partial charge in [0, 0.05) is 23.2 Å². The Morgan fingerprint density at radius 2 is 1.78 bits per heavy atom. The van der Waals surface area contributed by atoms with Crippen LogP contribution in [0.25, 0.3) is 0 Å². The first-order valence-electron chi connectivity index (χ1n) is 7.06. The van der Waals surface area contributed by atoms with Gasteiger partial charge in [0.15, 0.2) is 0 Å². The molecule has 0 amide bonds. The highest BCUT2D eigenvalue weighted by molar-refractivity contribution is 9.10. The Morgan fingerprint density at radius 1 is 1.06 bits per heavy atom. The number of halogens is 1. The van der Waals surface area contributed by atoms with Gasteiger partial charge in [-0.15, -0.1) is 0 Å². The third kappa shape index (κ3) is 4.99. The lowest BCUT2D eigenvalue weighted by Crippen LogP contribution is -2.31. The number of likely N-dealkylation sites (tertiary alicyclic amines) is 1. The molecule has 1 aliphatic heterocycles. The van der Waals surface area contributed by atoms with Crippen molar-refractivity contribution < 1.29 is 0 Å². The number of benzene rings is 1. The molecule has 0 bridgehead atoms. The normalized spacial score (nSPS) is 18.1. The van der Waals surface area contributed by atoms with Crippen LogP contribution in [0, 0.1) is 0 Å². The highest BCUT2D eigenvalue weighted by Gasteiger charge is 2.07. The average molecular weight is 311 g/mol. The minimum absolute atomic E-state index is 1.04. The highest BCUT2D eigenvalue weighted by atomic mass is 79.9. The van der Waals surface area contributed by atoms with Crippen molar-refractivity contribution in [3.8, 4) is 0 Å². The smallest absolute Gasteiger partial charge is 0.0351 e. The van der Waals surface area contributed by atoms with Gasteiger partial charge in [-0.2, -0.15) is 0 Å². The quantitative estimate of drug-likeness (QED) is 0.899. The van der Waals surface area contributed by atoms with Crippen LogP contribution in [0.15, 0.2) is 28.7 Å². The summed E-state index contributed by atoms with van der Waals surface area (Å²) >= 11 is 3.50. The Hall–Kier alpha value is -0.540. The van der Waals surface area contributed by atoms with E-state index in [4.69, 9.17) is 0 Å². The van der Waals surface area contributed by atoms with Crippen LogP contribution in [0.2, 0.25) is 0 Å². The summed E-state index contributed by atoms with van der Waals surface area (Å²) in [6.45, 7) is 4.75. The molecule has 1 aromatic carbocycles. The SMILES string of the molecule is Brc1cccc(NCCN2CCCCCCC2)c1. The van der Waals surface area contributed by atoms with Crippen molar-refractivity contribution in [3.05, 3.63) is 28.7 Å². The first kappa shape index (κ1) is 13.9. The third-order valence-corrected chi connectivity index (χ3v) is 4.02. The van der Waals surface area contributed by atoms with E-state index in [1.165, 1.54) is 50.9 Å². The van der Waals surface area contributed by atoms with E-state index in [1.807, 2.05) is 0 Å². The molecule has 1 aromatic rings. The predicted molar refractivity (Wildman–Crippen MR) is 82.2 cm³/mol. The first-order chi connectivity index (χ1) is 8.84. The Bertz CT molecular complexity index is 346. The minimum atomic E-state index is 1.04. The molecule has 1 fully saturated rings. The molecule has 1 N–H and O–H groups in total. The molecule has 0 atom stereocenters. The van der Waals surface area contributed by atoms with Gasteiger partial charge >= 0.3 is 0 Å². The van der Waals surface area contributed by atoms with Gasteiger partial charge in [-0.05, 0) is 44.1 Å². The van der Waals surface area contributed by atoms with Crippen molar-refractivity contribution in [2.24, 2.45) is 0 Å². The van der Waals surface area contributed by atoms with Crippen molar-refractivity contribution in [2.45, 2.75) is 32.1 Å². The standard InChI is InChI=1S/C15H23BrN2/c16-14-7-6-8-15(13-14)17-9-12-18-10-4-2-1-3-5-11-18/h6-8,13,17H,1-5,9-12H2. The molecule has 0 saturated carbocycles. The molecule has 0 radical (unpaired) electrons. The van der Waals surface area contributed by atoms with Crippen molar-refractivity contribution >= 4 is 21.6 Å². The van der Waals surface area contributed by atoms with E-state index in [1.54, 1.807) is 0 Å². The molecule has 2 rings (SSSR count). The van der Waals surface area contributed by atoms with Crippen LogP contribution in [-0.2, 0) is 0 Å². The van der Waals surface area contributed by atoms with Crippen LogP contribution in [0.4, 0.5) is 5.69 Å². The second-order valence-electron chi connectivity index (χ2n) is 5.05. The van der Waals surface area contributed by atoms with Crippen LogP contribution in [0.5, 0.6) is 0 Å². The van der Waals surface area contributed by atoms with E-state index in [0.717, 1.165) is 17.6 Å².